The second-order valence-corrected chi connectivity index (χ2v) is 2.16. The Hall–Kier alpha value is -1.85. The van der Waals surface area contributed by atoms with Crippen molar-refractivity contribution in [3.63, 3.8) is 0 Å². The van der Waals surface area contributed by atoms with Gasteiger partial charge in [0.15, 0.2) is 0 Å². The number of carbonyl (C=O) groups is 3. The highest BCUT2D eigenvalue weighted by atomic mass is 16.4. The van der Waals surface area contributed by atoms with E-state index in [9.17, 15) is 14.4 Å². The maximum Gasteiger partial charge on any atom is 0.332 e. The lowest BCUT2D eigenvalue weighted by molar-refractivity contribution is -0.139. The Labute approximate surface area is 73.9 Å². The number of hydrogen-bond acceptors (Lipinski definition) is 3. The fourth-order valence-electron chi connectivity index (χ4n) is 0.582. The molecule has 3 N–H and O–H groups in total. The van der Waals surface area contributed by atoms with Crippen molar-refractivity contribution in [2.45, 2.75) is 6.42 Å². The van der Waals surface area contributed by atoms with Gasteiger partial charge in [-0.2, -0.15) is 0 Å². The fourth-order valence-corrected chi connectivity index (χ4v) is 0.582. The third-order valence-electron chi connectivity index (χ3n) is 1.17. The van der Waals surface area contributed by atoms with Gasteiger partial charge in [0.2, 0.25) is 5.91 Å². The highest BCUT2D eigenvalue weighted by molar-refractivity contribution is 6.00. The number of aliphatic carboxylic acids is 2. The van der Waals surface area contributed by atoms with Crippen LogP contribution in [0.25, 0.3) is 0 Å². The molecule has 0 heterocycles. The van der Waals surface area contributed by atoms with Crippen molar-refractivity contribution in [1.29, 1.82) is 0 Å². The first-order valence-electron chi connectivity index (χ1n) is 3.34. The first-order valence-corrected chi connectivity index (χ1v) is 3.34. The van der Waals surface area contributed by atoms with Crippen LogP contribution in [0.1, 0.15) is 6.42 Å². The Morgan fingerprint density at radius 1 is 1.31 bits per heavy atom. The van der Waals surface area contributed by atoms with Crippen LogP contribution in [0.4, 0.5) is 0 Å². The average molecular weight is 187 g/mol. The average Bonchev–Trinajstić information content (AvgIpc) is 2.02. The largest absolute Gasteiger partial charge is 0.481 e. The Morgan fingerprint density at radius 2 is 1.85 bits per heavy atom. The first-order chi connectivity index (χ1) is 5.97. The minimum absolute atomic E-state index is 0.452. The summed E-state index contributed by atoms with van der Waals surface area (Å²) in [6, 6.07) is 0. The van der Waals surface area contributed by atoms with Gasteiger partial charge in [0.1, 0.15) is 0 Å². The normalized spacial score (nSPS) is 10.7. The number of likely N-dealkylation sites (N-methyl/N-ethyl adjacent to an activating group) is 1. The van der Waals surface area contributed by atoms with Gasteiger partial charge >= 0.3 is 11.9 Å². The molecule has 0 saturated carbocycles. The van der Waals surface area contributed by atoms with Crippen molar-refractivity contribution >= 4 is 17.8 Å². The number of hydrogen-bond donors (Lipinski definition) is 3. The van der Waals surface area contributed by atoms with Gasteiger partial charge in [-0.05, 0) is 0 Å². The van der Waals surface area contributed by atoms with E-state index in [4.69, 9.17) is 10.2 Å². The summed E-state index contributed by atoms with van der Waals surface area (Å²) in [4.78, 5) is 31.2. The Kier molecular flexibility index (Phi) is 4.21. The Bertz CT molecular complexity index is 268. The zero-order valence-electron chi connectivity index (χ0n) is 6.90. The van der Waals surface area contributed by atoms with Crippen molar-refractivity contribution in [3.8, 4) is 0 Å². The number of carboxylic acid groups (broad SMARTS) is 2. The van der Waals surface area contributed by atoms with Crippen LogP contribution >= 0.6 is 0 Å². The van der Waals surface area contributed by atoms with Gasteiger partial charge in [-0.3, -0.25) is 9.59 Å². The maximum atomic E-state index is 10.7. The van der Waals surface area contributed by atoms with Crippen molar-refractivity contribution in [2.24, 2.45) is 0 Å². The predicted octanol–water partition coefficient (Wildman–Crippen LogP) is -0.782. The summed E-state index contributed by atoms with van der Waals surface area (Å²) >= 11 is 0. The minimum atomic E-state index is -1.41. The lowest BCUT2D eigenvalue weighted by Crippen LogP contribution is -2.17. The van der Waals surface area contributed by atoms with Crippen LogP contribution in [0.15, 0.2) is 11.6 Å². The molecule has 72 valence electrons. The molecule has 0 aromatic heterocycles. The molecule has 0 spiro atoms. The van der Waals surface area contributed by atoms with Crippen molar-refractivity contribution in [2.75, 3.05) is 7.05 Å². The molecule has 0 rings (SSSR count). The zero-order valence-corrected chi connectivity index (χ0v) is 6.90. The molecule has 0 saturated heterocycles. The molecule has 6 nitrogen and oxygen atoms in total. The van der Waals surface area contributed by atoms with E-state index in [1.807, 2.05) is 0 Å². The molecule has 0 aromatic rings. The van der Waals surface area contributed by atoms with Crippen molar-refractivity contribution in [1.82, 2.24) is 5.32 Å². The van der Waals surface area contributed by atoms with Gasteiger partial charge in [0.05, 0.1) is 12.0 Å². The van der Waals surface area contributed by atoms with Crippen molar-refractivity contribution in [3.05, 3.63) is 11.6 Å². The molecule has 0 fully saturated rings. The molecule has 0 aromatic carbocycles. The van der Waals surface area contributed by atoms with E-state index in [0.29, 0.717) is 0 Å². The third-order valence-corrected chi connectivity index (χ3v) is 1.17. The van der Waals surface area contributed by atoms with Gasteiger partial charge < -0.3 is 15.5 Å². The second-order valence-electron chi connectivity index (χ2n) is 2.16. The molecule has 0 radical (unpaired) electrons. The van der Waals surface area contributed by atoms with Crippen LogP contribution in [0.3, 0.4) is 0 Å². The van der Waals surface area contributed by atoms with E-state index in [1.165, 1.54) is 7.05 Å². The van der Waals surface area contributed by atoms with Crippen LogP contribution in [0, 0.1) is 0 Å². The van der Waals surface area contributed by atoms with Crippen LogP contribution < -0.4 is 5.32 Å². The van der Waals surface area contributed by atoms with E-state index in [1.54, 1.807) is 0 Å². The molecule has 0 atom stereocenters. The number of carbonyl (C=O) groups excluding carboxylic acids is 1. The molecule has 6 heteroatoms. The minimum Gasteiger partial charge on any atom is -0.481 e. The van der Waals surface area contributed by atoms with E-state index in [-0.39, 0.29) is 0 Å². The van der Waals surface area contributed by atoms with E-state index < -0.39 is 29.8 Å². The molecule has 0 aliphatic heterocycles. The second kappa shape index (κ2) is 4.91. The molecular weight excluding hydrogens is 178 g/mol. The van der Waals surface area contributed by atoms with Gasteiger partial charge in [0.25, 0.3) is 0 Å². The molecule has 1 amide bonds. The van der Waals surface area contributed by atoms with Gasteiger partial charge in [-0.1, -0.05) is 0 Å². The Morgan fingerprint density at radius 3 is 2.15 bits per heavy atom. The summed E-state index contributed by atoms with van der Waals surface area (Å²) in [6.45, 7) is 0. The van der Waals surface area contributed by atoms with Crippen LogP contribution in [0.2, 0.25) is 0 Å². The van der Waals surface area contributed by atoms with Gasteiger partial charge in [-0.15, -0.1) is 0 Å². The van der Waals surface area contributed by atoms with E-state index in [2.05, 4.69) is 5.32 Å². The quantitative estimate of drug-likeness (QED) is 0.501. The predicted molar refractivity (Wildman–Crippen MR) is 42.0 cm³/mol. The van der Waals surface area contributed by atoms with Crippen LogP contribution in [0.5, 0.6) is 0 Å². The monoisotopic (exact) mass is 187 g/mol. The summed E-state index contributed by atoms with van der Waals surface area (Å²) in [5.74, 6) is -3.35. The SMILES string of the molecule is CNC(=O)/C=C(/CC(=O)O)C(=O)O. The molecule has 13 heavy (non-hydrogen) atoms. The fraction of sp³-hybridized carbons (Fsp3) is 0.286. The molecule has 0 bridgehead atoms. The maximum absolute atomic E-state index is 10.7. The number of nitrogens with one attached hydrogen (secondary N) is 1. The lowest BCUT2D eigenvalue weighted by Gasteiger charge is -1.97. The summed E-state index contributed by atoms with van der Waals surface area (Å²) in [7, 11) is 1.32. The van der Waals surface area contributed by atoms with Crippen molar-refractivity contribution < 1.29 is 24.6 Å². The highest BCUT2D eigenvalue weighted by Crippen LogP contribution is 2.00. The molecular formula is C7H9NO5. The lowest BCUT2D eigenvalue weighted by atomic mass is 10.2. The standard InChI is InChI=1S/C7H9NO5/c1-8-5(9)2-4(7(12)13)3-6(10)11/h2H,3H2,1H3,(H,8,9)(H,10,11)(H,12,13)/b4-2-. The topological polar surface area (TPSA) is 104 Å². The third kappa shape index (κ3) is 4.57. The smallest absolute Gasteiger partial charge is 0.332 e. The Balaban J connectivity index is 4.60. The first kappa shape index (κ1) is 11.2. The highest BCUT2D eigenvalue weighted by Gasteiger charge is 2.12. The number of amides is 1. The van der Waals surface area contributed by atoms with Gasteiger partial charge in [0, 0.05) is 13.1 Å². The summed E-state index contributed by atoms with van der Waals surface area (Å²) < 4.78 is 0. The summed E-state index contributed by atoms with van der Waals surface area (Å²) in [5.41, 5.74) is -0.452. The van der Waals surface area contributed by atoms with Crippen LogP contribution in [-0.4, -0.2) is 35.1 Å². The molecule has 0 unspecified atom stereocenters. The summed E-state index contributed by atoms with van der Waals surface area (Å²) in [5, 5.41) is 18.9. The van der Waals surface area contributed by atoms with Gasteiger partial charge in [-0.25, -0.2) is 4.79 Å². The molecule has 0 aliphatic rings. The summed E-state index contributed by atoms with van der Waals surface area (Å²) in [6.07, 6.45) is 0.0687. The van der Waals surface area contributed by atoms with E-state index >= 15 is 0 Å². The zero-order chi connectivity index (χ0) is 10.4. The number of carboxylic acids is 2. The molecule has 0 aliphatic carbocycles. The van der Waals surface area contributed by atoms with Crippen LogP contribution in [-0.2, 0) is 14.4 Å². The van der Waals surface area contributed by atoms with E-state index in [0.717, 1.165) is 6.08 Å². The number of rotatable bonds is 4.